The number of sulfonamides is 1. The summed E-state index contributed by atoms with van der Waals surface area (Å²) in [6.07, 6.45) is 0. The number of aliphatic hydroxyl groups excluding tert-OH is 2. The van der Waals surface area contributed by atoms with Crippen molar-refractivity contribution < 1.29 is 18.6 Å². The summed E-state index contributed by atoms with van der Waals surface area (Å²) in [5.74, 6) is 0. The van der Waals surface area contributed by atoms with Gasteiger partial charge in [-0.05, 0) is 18.2 Å². The molecule has 1 aromatic rings. The molecule has 0 aliphatic carbocycles. The van der Waals surface area contributed by atoms with Crippen molar-refractivity contribution in [3.05, 3.63) is 29.3 Å². The van der Waals surface area contributed by atoms with Crippen LogP contribution in [0.3, 0.4) is 0 Å². The summed E-state index contributed by atoms with van der Waals surface area (Å²) < 4.78 is 25.6. The van der Waals surface area contributed by atoms with Crippen LogP contribution in [0.2, 0.25) is 5.02 Å². The summed E-state index contributed by atoms with van der Waals surface area (Å²) in [5, 5.41) is 17.9. The summed E-state index contributed by atoms with van der Waals surface area (Å²) in [6, 6.07) is 4.80. The van der Waals surface area contributed by atoms with Crippen molar-refractivity contribution in [1.29, 1.82) is 0 Å². The molecule has 0 aliphatic heterocycles. The highest BCUT2D eigenvalue weighted by atomic mass is 35.5. The van der Waals surface area contributed by atoms with Crippen LogP contribution in [0.4, 0.5) is 0 Å². The molecule has 1 aromatic carbocycles. The fourth-order valence-electron chi connectivity index (χ4n) is 1.05. The standard InChI is InChI=1S/C9H12ClNO4S/c10-7-2-1-3-9(4-7)16(14,15)11-8(5-12)6-13/h1-4,8,11-13H,5-6H2. The van der Waals surface area contributed by atoms with Crippen molar-refractivity contribution in [1.82, 2.24) is 4.72 Å². The van der Waals surface area contributed by atoms with Crippen LogP contribution < -0.4 is 4.72 Å². The molecule has 0 spiro atoms. The minimum Gasteiger partial charge on any atom is -0.395 e. The maximum Gasteiger partial charge on any atom is 0.241 e. The molecule has 0 aromatic heterocycles. The molecule has 0 unspecified atom stereocenters. The molecule has 0 saturated heterocycles. The van der Waals surface area contributed by atoms with E-state index in [1.807, 2.05) is 0 Å². The maximum atomic E-state index is 11.7. The zero-order valence-corrected chi connectivity index (χ0v) is 9.87. The Morgan fingerprint density at radius 3 is 2.44 bits per heavy atom. The number of hydrogen-bond donors (Lipinski definition) is 3. The van der Waals surface area contributed by atoms with E-state index in [2.05, 4.69) is 4.72 Å². The van der Waals surface area contributed by atoms with Crippen LogP contribution in [0.15, 0.2) is 29.2 Å². The summed E-state index contributed by atoms with van der Waals surface area (Å²) in [4.78, 5) is -0.00750. The minimum absolute atomic E-state index is 0.00750. The highest BCUT2D eigenvalue weighted by Gasteiger charge is 2.18. The van der Waals surface area contributed by atoms with Crippen LogP contribution in [-0.2, 0) is 10.0 Å². The quantitative estimate of drug-likeness (QED) is 0.698. The van der Waals surface area contributed by atoms with E-state index in [4.69, 9.17) is 21.8 Å². The number of benzene rings is 1. The molecule has 7 heteroatoms. The van der Waals surface area contributed by atoms with Gasteiger partial charge in [0.25, 0.3) is 0 Å². The van der Waals surface area contributed by atoms with Crippen molar-refractivity contribution in [2.75, 3.05) is 13.2 Å². The first-order valence-electron chi connectivity index (χ1n) is 4.49. The lowest BCUT2D eigenvalue weighted by molar-refractivity contribution is 0.185. The number of rotatable bonds is 5. The number of halogens is 1. The Balaban J connectivity index is 2.94. The smallest absolute Gasteiger partial charge is 0.241 e. The van der Waals surface area contributed by atoms with Crippen LogP contribution in [0.1, 0.15) is 0 Å². The van der Waals surface area contributed by atoms with Gasteiger partial charge in [0.2, 0.25) is 10.0 Å². The van der Waals surface area contributed by atoms with Gasteiger partial charge in [0, 0.05) is 5.02 Å². The SMILES string of the molecule is O=S(=O)(NC(CO)CO)c1cccc(Cl)c1. The fraction of sp³-hybridized carbons (Fsp3) is 0.333. The zero-order chi connectivity index (χ0) is 12.2. The summed E-state index contributed by atoms with van der Waals surface area (Å²) in [5.41, 5.74) is 0. The van der Waals surface area contributed by atoms with Crippen LogP contribution in [0.5, 0.6) is 0 Å². The maximum absolute atomic E-state index is 11.7. The van der Waals surface area contributed by atoms with Crippen LogP contribution in [0, 0.1) is 0 Å². The van der Waals surface area contributed by atoms with E-state index in [0.29, 0.717) is 5.02 Å². The van der Waals surface area contributed by atoms with Crippen molar-refractivity contribution >= 4 is 21.6 Å². The summed E-state index contributed by atoms with van der Waals surface area (Å²) >= 11 is 5.66. The van der Waals surface area contributed by atoms with Gasteiger partial charge in [-0.25, -0.2) is 13.1 Å². The van der Waals surface area contributed by atoms with Gasteiger partial charge in [0.15, 0.2) is 0 Å². The monoisotopic (exact) mass is 265 g/mol. The molecule has 0 bridgehead atoms. The van der Waals surface area contributed by atoms with E-state index in [-0.39, 0.29) is 4.90 Å². The Morgan fingerprint density at radius 1 is 1.31 bits per heavy atom. The molecule has 3 N–H and O–H groups in total. The van der Waals surface area contributed by atoms with Crippen molar-refractivity contribution in [3.63, 3.8) is 0 Å². The lowest BCUT2D eigenvalue weighted by Crippen LogP contribution is -2.39. The van der Waals surface area contributed by atoms with Gasteiger partial charge in [-0.2, -0.15) is 0 Å². The Bertz CT molecular complexity index is 445. The molecule has 0 aliphatic rings. The van der Waals surface area contributed by atoms with E-state index < -0.39 is 29.3 Å². The van der Waals surface area contributed by atoms with E-state index in [9.17, 15) is 8.42 Å². The second-order valence-electron chi connectivity index (χ2n) is 3.14. The molecule has 0 atom stereocenters. The third kappa shape index (κ3) is 3.43. The first-order chi connectivity index (χ1) is 7.49. The average molecular weight is 266 g/mol. The topological polar surface area (TPSA) is 86.6 Å². The normalized spacial score (nSPS) is 12.0. The molecule has 0 heterocycles. The molecular formula is C9H12ClNO4S. The Hall–Kier alpha value is -0.660. The van der Waals surface area contributed by atoms with Gasteiger partial charge < -0.3 is 10.2 Å². The largest absolute Gasteiger partial charge is 0.395 e. The Kier molecular flexibility index (Phi) is 4.69. The number of hydrogen-bond acceptors (Lipinski definition) is 4. The molecule has 1 rings (SSSR count). The van der Waals surface area contributed by atoms with Crippen molar-refractivity contribution in [2.45, 2.75) is 10.9 Å². The Labute approximate surface area is 98.7 Å². The Morgan fingerprint density at radius 2 is 1.94 bits per heavy atom. The number of aliphatic hydroxyl groups is 2. The second-order valence-corrected chi connectivity index (χ2v) is 5.29. The predicted molar refractivity (Wildman–Crippen MR) is 59.7 cm³/mol. The zero-order valence-electron chi connectivity index (χ0n) is 8.30. The van der Waals surface area contributed by atoms with E-state index in [1.165, 1.54) is 18.2 Å². The molecule has 5 nitrogen and oxygen atoms in total. The second kappa shape index (κ2) is 5.60. The predicted octanol–water partition coefficient (Wildman–Crippen LogP) is -0.0285. The third-order valence-corrected chi connectivity index (χ3v) is 3.62. The molecule has 16 heavy (non-hydrogen) atoms. The minimum atomic E-state index is -3.76. The lowest BCUT2D eigenvalue weighted by Gasteiger charge is -2.13. The van der Waals surface area contributed by atoms with E-state index in [1.54, 1.807) is 6.07 Å². The van der Waals surface area contributed by atoms with Crippen molar-refractivity contribution in [2.24, 2.45) is 0 Å². The molecular weight excluding hydrogens is 254 g/mol. The third-order valence-electron chi connectivity index (χ3n) is 1.87. The summed E-state index contributed by atoms with van der Waals surface area (Å²) in [7, 11) is -3.76. The number of nitrogens with one attached hydrogen (secondary N) is 1. The first kappa shape index (κ1) is 13.4. The van der Waals surface area contributed by atoms with Crippen molar-refractivity contribution in [3.8, 4) is 0 Å². The molecule has 0 amide bonds. The van der Waals surface area contributed by atoms with Crippen LogP contribution in [-0.4, -0.2) is 37.9 Å². The van der Waals surface area contributed by atoms with E-state index in [0.717, 1.165) is 0 Å². The van der Waals surface area contributed by atoms with Gasteiger partial charge in [-0.3, -0.25) is 0 Å². The molecule has 0 radical (unpaired) electrons. The average Bonchev–Trinajstić information content (AvgIpc) is 2.26. The first-order valence-corrected chi connectivity index (χ1v) is 6.35. The highest BCUT2D eigenvalue weighted by Crippen LogP contribution is 2.15. The summed E-state index contributed by atoms with van der Waals surface area (Å²) in [6.45, 7) is -0.952. The van der Waals surface area contributed by atoms with E-state index >= 15 is 0 Å². The van der Waals surface area contributed by atoms with Gasteiger partial charge >= 0.3 is 0 Å². The molecule has 0 saturated carbocycles. The van der Waals surface area contributed by atoms with Gasteiger partial charge in [-0.15, -0.1) is 0 Å². The van der Waals surface area contributed by atoms with Gasteiger partial charge in [0.05, 0.1) is 24.2 Å². The highest BCUT2D eigenvalue weighted by molar-refractivity contribution is 7.89. The van der Waals surface area contributed by atoms with Crippen LogP contribution >= 0.6 is 11.6 Å². The fourth-order valence-corrected chi connectivity index (χ4v) is 2.57. The van der Waals surface area contributed by atoms with Crippen LogP contribution in [0.25, 0.3) is 0 Å². The molecule has 90 valence electrons. The van der Waals surface area contributed by atoms with Gasteiger partial charge in [-0.1, -0.05) is 17.7 Å². The molecule has 0 fully saturated rings. The lowest BCUT2D eigenvalue weighted by atomic mass is 10.4. The van der Waals surface area contributed by atoms with Gasteiger partial charge in [0.1, 0.15) is 0 Å².